The van der Waals surface area contributed by atoms with Crippen molar-refractivity contribution in [1.82, 2.24) is 24.9 Å². The van der Waals surface area contributed by atoms with E-state index in [0.717, 1.165) is 41.8 Å². The number of nitrogens with two attached hydrogens (primary N) is 1. The molecule has 0 radical (unpaired) electrons. The molecule has 3 heterocycles. The van der Waals surface area contributed by atoms with Crippen molar-refractivity contribution in [2.24, 2.45) is 10.7 Å². The molecule has 1 aromatic heterocycles. The molecular formula is C32H49N7O3S. The standard InChI is InChI=1S/C32H49N7O3S/c1-32(2)28(24-12-8-7-9-13-24)42-31(35-32)38-16-17-39(30(41)26(37(5)6)14-10-11-15-36(3)4)27(21-38)29(40)34-20-25-18-23(19-33)22-43-25/h7-9,12-13,18,22,26-28H,10-11,14-17,19-21,33H2,1-6H3,(H,34,40)/t26-,27+,28?/m1/s1. The number of amidine groups is 1. The lowest BCUT2D eigenvalue weighted by Crippen LogP contribution is -2.64. The molecule has 2 aliphatic rings. The molecule has 0 bridgehead atoms. The Morgan fingerprint density at radius 2 is 1.91 bits per heavy atom. The molecule has 1 fully saturated rings. The monoisotopic (exact) mass is 611 g/mol. The highest BCUT2D eigenvalue weighted by atomic mass is 32.1. The quantitative estimate of drug-likeness (QED) is 0.356. The number of carbonyl (C=O) groups excluding carboxylic acids is 2. The Hall–Kier alpha value is -2.99. The zero-order chi connectivity index (χ0) is 31.1. The number of nitrogens with zero attached hydrogens (tertiary/aromatic N) is 5. The first kappa shape index (κ1) is 32.9. The van der Waals surface area contributed by atoms with Crippen LogP contribution < -0.4 is 11.1 Å². The Labute approximate surface area is 260 Å². The van der Waals surface area contributed by atoms with Gasteiger partial charge in [-0.25, -0.2) is 4.99 Å². The molecule has 1 unspecified atom stereocenters. The highest BCUT2D eigenvalue weighted by Gasteiger charge is 2.45. The number of carbonyl (C=O) groups is 2. The first-order chi connectivity index (χ1) is 20.5. The van der Waals surface area contributed by atoms with Crippen LogP contribution >= 0.6 is 11.3 Å². The van der Waals surface area contributed by atoms with E-state index in [2.05, 4.69) is 50.3 Å². The first-order valence-corrected chi connectivity index (χ1v) is 16.1. The SMILES string of the molecule is CN(C)CCCC[C@H](C(=O)N1CCN(C2=NC(C)(C)C(c3ccccc3)O2)C[C@H]1C(=O)NCc1cc(CN)cs1)N(C)C. The third kappa shape index (κ3) is 8.35. The highest BCUT2D eigenvalue weighted by Crippen LogP contribution is 2.38. The predicted octanol–water partition coefficient (Wildman–Crippen LogP) is 2.90. The largest absolute Gasteiger partial charge is 0.454 e. The Bertz CT molecular complexity index is 1250. The van der Waals surface area contributed by atoms with Crippen LogP contribution in [0.2, 0.25) is 0 Å². The van der Waals surface area contributed by atoms with Crippen molar-refractivity contribution in [2.75, 3.05) is 54.4 Å². The van der Waals surface area contributed by atoms with E-state index in [9.17, 15) is 9.59 Å². The minimum Gasteiger partial charge on any atom is -0.454 e. The van der Waals surface area contributed by atoms with E-state index in [1.54, 1.807) is 16.2 Å². The van der Waals surface area contributed by atoms with Crippen LogP contribution in [-0.4, -0.2) is 109 Å². The zero-order valence-electron chi connectivity index (χ0n) is 26.6. The molecule has 10 nitrogen and oxygen atoms in total. The molecule has 3 N–H and O–H groups in total. The number of ether oxygens (including phenoxy) is 1. The molecule has 2 aromatic rings. The third-order valence-electron chi connectivity index (χ3n) is 8.21. The molecule has 236 valence electrons. The minimum atomic E-state index is -0.676. The minimum absolute atomic E-state index is 0.00651. The van der Waals surface area contributed by atoms with Gasteiger partial charge in [-0.2, -0.15) is 0 Å². The summed E-state index contributed by atoms with van der Waals surface area (Å²) >= 11 is 1.58. The number of nitrogens with one attached hydrogen (secondary N) is 1. The van der Waals surface area contributed by atoms with Gasteiger partial charge in [0.15, 0.2) is 6.10 Å². The summed E-state index contributed by atoms with van der Waals surface area (Å²) in [5.41, 5.74) is 7.42. The van der Waals surface area contributed by atoms with Gasteiger partial charge in [0, 0.05) is 24.5 Å². The average molecular weight is 612 g/mol. The molecule has 0 spiro atoms. The maximum Gasteiger partial charge on any atom is 0.288 e. The van der Waals surface area contributed by atoms with Crippen LogP contribution in [0, 0.1) is 0 Å². The van der Waals surface area contributed by atoms with Crippen LogP contribution in [0.3, 0.4) is 0 Å². The Balaban J connectivity index is 1.52. The van der Waals surface area contributed by atoms with E-state index in [0.29, 0.717) is 38.7 Å². The van der Waals surface area contributed by atoms with E-state index >= 15 is 0 Å². The van der Waals surface area contributed by atoms with Gasteiger partial charge in [0.25, 0.3) is 6.02 Å². The van der Waals surface area contributed by atoms with Crippen molar-refractivity contribution in [3.8, 4) is 0 Å². The number of piperazine rings is 1. The number of thiophene rings is 1. The Kier molecular flexibility index (Phi) is 11.2. The highest BCUT2D eigenvalue weighted by molar-refractivity contribution is 7.10. The molecule has 43 heavy (non-hydrogen) atoms. The van der Waals surface area contributed by atoms with Crippen molar-refractivity contribution in [2.45, 2.75) is 69.9 Å². The fourth-order valence-corrected chi connectivity index (χ4v) is 6.59. The molecule has 3 atom stereocenters. The van der Waals surface area contributed by atoms with Crippen molar-refractivity contribution >= 4 is 29.2 Å². The topological polar surface area (TPSA) is 107 Å². The molecule has 11 heteroatoms. The molecule has 4 rings (SSSR count). The van der Waals surface area contributed by atoms with Crippen LogP contribution in [0.25, 0.3) is 0 Å². The normalized spacial score (nSPS) is 20.7. The molecule has 0 aliphatic carbocycles. The van der Waals surface area contributed by atoms with E-state index in [4.69, 9.17) is 15.5 Å². The predicted molar refractivity (Wildman–Crippen MR) is 173 cm³/mol. The van der Waals surface area contributed by atoms with Crippen molar-refractivity contribution in [3.05, 3.63) is 57.8 Å². The number of unbranched alkanes of at least 4 members (excludes halogenated alkanes) is 1. The van der Waals surface area contributed by atoms with Gasteiger partial charge in [-0.3, -0.25) is 14.5 Å². The molecule has 0 saturated carbocycles. The van der Waals surface area contributed by atoms with Gasteiger partial charge in [0.2, 0.25) is 11.8 Å². The van der Waals surface area contributed by atoms with Crippen molar-refractivity contribution < 1.29 is 14.3 Å². The van der Waals surface area contributed by atoms with Crippen molar-refractivity contribution in [3.63, 3.8) is 0 Å². The van der Waals surface area contributed by atoms with Gasteiger partial charge in [0.1, 0.15) is 11.6 Å². The lowest BCUT2D eigenvalue weighted by Gasteiger charge is -2.42. The number of aliphatic imine (C=N–C) groups is 1. The second-order valence-corrected chi connectivity index (χ2v) is 13.6. The van der Waals surface area contributed by atoms with Gasteiger partial charge >= 0.3 is 0 Å². The number of hydrogen-bond acceptors (Lipinski definition) is 9. The number of likely N-dealkylation sites (N-methyl/N-ethyl adjacent to an activating group) is 1. The van der Waals surface area contributed by atoms with Crippen LogP contribution in [0.4, 0.5) is 0 Å². The Morgan fingerprint density at radius 3 is 2.56 bits per heavy atom. The van der Waals surface area contributed by atoms with Crippen LogP contribution in [0.5, 0.6) is 0 Å². The molecule has 2 amide bonds. The summed E-state index contributed by atoms with van der Waals surface area (Å²) in [5, 5.41) is 5.11. The van der Waals surface area contributed by atoms with Crippen molar-refractivity contribution in [1.29, 1.82) is 0 Å². The molecule has 2 aliphatic heterocycles. The maximum atomic E-state index is 14.1. The average Bonchev–Trinajstić information content (AvgIpc) is 3.58. The summed E-state index contributed by atoms with van der Waals surface area (Å²) in [6.07, 6.45) is 2.47. The lowest BCUT2D eigenvalue weighted by atomic mass is 9.93. The van der Waals surface area contributed by atoms with Gasteiger partial charge in [-0.05, 0) is 84.0 Å². The summed E-state index contributed by atoms with van der Waals surface area (Å²) in [6, 6.07) is 11.7. The summed E-state index contributed by atoms with van der Waals surface area (Å²) in [4.78, 5) is 41.8. The number of hydrogen-bond donors (Lipinski definition) is 2. The fraction of sp³-hybridized carbons (Fsp3) is 0.594. The van der Waals surface area contributed by atoms with Crippen LogP contribution in [0.1, 0.15) is 55.2 Å². The van der Waals surface area contributed by atoms with E-state index in [1.165, 1.54) is 0 Å². The molecule has 1 aromatic carbocycles. The summed E-state index contributed by atoms with van der Waals surface area (Å²) < 4.78 is 6.46. The number of benzene rings is 1. The summed E-state index contributed by atoms with van der Waals surface area (Å²) in [6.45, 7) is 7.23. The van der Waals surface area contributed by atoms with E-state index in [-0.39, 0.29) is 24.0 Å². The smallest absolute Gasteiger partial charge is 0.288 e. The van der Waals surface area contributed by atoms with Gasteiger partial charge < -0.3 is 30.5 Å². The lowest BCUT2D eigenvalue weighted by molar-refractivity contribution is -0.147. The van der Waals surface area contributed by atoms with E-state index < -0.39 is 11.6 Å². The Morgan fingerprint density at radius 1 is 1.16 bits per heavy atom. The summed E-state index contributed by atoms with van der Waals surface area (Å²) in [5.74, 6) is -0.184. The fourth-order valence-electron chi connectivity index (χ4n) is 5.75. The molecule has 1 saturated heterocycles. The number of rotatable bonds is 12. The van der Waals surface area contributed by atoms with Gasteiger partial charge in [0.05, 0.1) is 19.1 Å². The zero-order valence-corrected chi connectivity index (χ0v) is 27.4. The summed E-state index contributed by atoms with van der Waals surface area (Å²) in [7, 11) is 8.01. The van der Waals surface area contributed by atoms with E-state index in [1.807, 2.05) is 53.5 Å². The second-order valence-electron chi connectivity index (χ2n) is 12.6. The number of amides is 2. The molecular weight excluding hydrogens is 562 g/mol. The maximum absolute atomic E-state index is 14.1. The third-order valence-corrected chi connectivity index (χ3v) is 9.20. The first-order valence-electron chi connectivity index (χ1n) is 15.2. The van der Waals surface area contributed by atoms with Crippen LogP contribution in [0.15, 0.2) is 46.8 Å². The van der Waals surface area contributed by atoms with Gasteiger partial charge in [-0.15, -0.1) is 11.3 Å². The van der Waals surface area contributed by atoms with Gasteiger partial charge in [-0.1, -0.05) is 36.8 Å². The second kappa shape index (κ2) is 14.7. The van der Waals surface area contributed by atoms with Crippen LogP contribution in [-0.2, 0) is 27.4 Å².